The molecule has 0 bridgehead atoms. The third-order valence-corrected chi connectivity index (χ3v) is 6.49. The largest absolute Gasteiger partial charge is 0.354 e. The molecule has 5 rings (SSSR count). The second kappa shape index (κ2) is 9.25. The van der Waals surface area contributed by atoms with Gasteiger partial charge in [0, 0.05) is 38.2 Å². The molecule has 4 aromatic rings. The van der Waals surface area contributed by atoms with Gasteiger partial charge in [0.2, 0.25) is 0 Å². The summed E-state index contributed by atoms with van der Waals surface area (Å²) in [5.41, 5.74) is 4.68. The zero-order valence-corrected chi connectivity index (χ0v) is 20.0. The summed E-state index contributed by atoms with van der Waals surface area (Å²) >= 11 is 0. The number of benzene rings is 2. The molecular formula is C27H30N6O. The standard InChI is InChI=1S/C27H30N6O/c1-4-23-28-25(24-20(3)30-33(26(24)29-23)22-14-9-8-11-19(22)2)31-15-10-16-32(18-17-31)27(34)21-12-6-5-7-13-21/h5-9,11-14H,4,10,15-18H2,1-3H3. The molecule has 2 aromatic carbocycles. The minimum absolute atomic E-state index is 0.0908. The molecule has 1 fully saturated rings. The van der Waals surface area contributed by atoms with E-state index in [2.05, 4.69) is 30.9 Å². The summed E-state index contributed by atoms with van der Waals surface area (Å²) in [7, 11) is 0. The number of aryl methyl sites for hydroxylation is 3. The fourth-order valence-corrected chi connectivity index (χ4v) is 4.66. The van der Waals surface area contributed by atoms with Crippen LogP contribution in [0, 0.1) is 13.8 Å². The van der Waals surface area contributed by atoms with Crippen LogP contribution in [-0.2, 0) is 6.42 Å². The molecule has 3 heterocycles. The van der Waals surface area contributed by atoms with Crippen molar-refractivity contribution in [3.63, 3.8) is 0 Å². The first-order valence-corrected chi connectivity index (χ1v) is 12.0. The molecule has 0 N–H and O–H groups in total. The van der Waals surface area contributed by atoms with E-state index in [-0.39, 0.29) is 5.91 Å². The van der Waals surface area contributed by atoms with Crippen molar-refractivity contribution in [3.8, 4) is 5.69 Å². The molecule has 0 spiro atoms. The van der Waals surface area contributed by atoms with Gasteiger partial charge in [-0.2, -0.15) is 5.10 Å². The van der Waals surface area contributed by atoms with E-state index in [1.54, 1.807) is 0 Å². The van der Waals surface area contributed by atoms with Crippen LogP contribution in [0.4, 0.5) is 5.82 Å². The lowest BCUT2D eigenvalue weighted by atomic mass is 10.2. The second-order valence-corrected chi connectivity index (χ2v) is 8.80. The normalized spacial score (nSPS) is 14.4. The van der Waals surface area contributed by atoms with Crippen molar-refractivity contribution in [3.05, 3.63) is 77.2 Å². The highest BCUT2D eigenvalue weighted by atomic mass is 16.2. The lowest BCUT2D eigenvalue weighted by Crippen LogP contribution is -2.35. The maximum Gasteiger partial charge on any atom is 0.253 e. The molecule has 34 heavy (non-hydrogen) atoms. The number of aromatic nitrogens is 4. The van der Waals surface area contributed by atoms with Gasteiger partial charge in [0.1, 0.15) is 11.6 Å². The maximum atomic E-state index is 13.0. The molecule has 1 aliphatic rings. The Morgan fingerprint density at radius 3 is 2.44 bits per heavy atom. The highest BCUT2D eigenvalue weighted by molar-refractivity contribution is 5.94. The van der Waals surface area contributed by atoms with Gasteiger partial charge in [0.25, 0.3) is 5.91 Å². The third kappa shape index (κ3) is 4.02. The molecule has 7 heteroatoms. The number of rotatable bonds is 4. The van der Waals surface area contributed by atoms with E-state index in [1.165, 1.54) is 0 Å². The Labute approximate surface area is 200 Å². The van der Waals surface area contributed by atoms with Crippen LogP contribution in [0.5, 0.6) is 0 Å². The van der Waals surface area contributed by atoms with E-state index in [9.17, 15) is 4.79 Å². The Kier molecular flexibility index (Phi) is 6.01. The van der Waals surface area contributed by atoms with Crippen molar-refractivity contribution in [1.82, 2.24) is 24.6 Å². The molecule has 1 saturated heterocycles. The van der Waals surface area contributed by atoms with Crippen LogP contribution in [-0.4, -0.2) is 56.7 Å². The molecule has 0 saturated carbocycles. The van der Waals surface area contributed by atoms with E-state index in [4.69, 9.17) is 15.1 Å². The molecule has 0 radical (unpaired) electrons. The summed E-state index contributed by atoms with van der Waals surface area (Å²) in [6.45, 7) is 9.15. The Morgan fingerprint density at radius 1 is 0.912 bits per heavy atom. The first-order chi connectivity index (χ1) is 16.6. The predicted octanol–water partition coefficient (Wildman–Crippen LogP) is 4.35. The van der Waals surface area contributed by atoms with Gasteiger partial charge in [-0.25, -0.2) is 14.6 Å². The molecular weight excluding hydrogens is 424 g/mol. The number of hydrogen-bond donors (Lipinski definition) is 0. The minimum Gasteiger partial charge on any atom is -0.354 e. The zero-order valence-electron chi connectivity index (χ0n) is 20.0. The minimum atomic E-state index is 0.0908. The van der Waals surface area contributed by atoms with E-state index in [0.717, 1.165) is 77.7 Å². The molecule has 0 unspecified atom stereocenters. The van der Waals surface area contributed by atoms with Gasteiger partial charge in [-0.3, -0.25) is 4.79 Å². The molecule has 174 valence electrons. The first-order valence-electron chi connectivity index (χ1n) is 12.0. The van der Waals surface area contributed by atoms with Gasteiger partial charge >= 0.3 is 0 Å². The highest BCUT2D eigenvalue weighted by Gasteiger charge is 2.25. The number of hydrogen-bond acceptors (Lipinski definition) is 5. The van der Waals surface area contributed by atoms with Crippen LogP contribution in [0.25, 0.3) is 16.7 Å². The summed E-state index contributed by atoms with van der Waals surface area (Å²) in [5, 5.41) is 5.87. The number of amides is 1. The van der Waals surface area contributed by atoms with Crippen LogP contribution in [0.3, 0.4) is 0 Å². The number of nitrogens with zero attached hydrogens (tertiary/aromatic N) is 6. The number of para-hydroxylation sites is 1. The highest BCUT2D eigenvalue weighted by Crippen LogP contribution is 2.30. The van der Waals surface area contributed by atoms with Gasteiger partial charge in [0.15, 0.2) is 5.65 Å². The average Bonchev–Trinajstić information content (AvgIpc) is 3.04. The fourth-order valence-electron chi connectivity index (χ4n) is 4.66. The van der Waals surface area contributed by atoms with E-state index < -0.39 is 0 Å². The van der Waals surface area contributed by atoms with E-state index >= 15 is 0 Å². The Morgan fingerprint density at radius 2 is 1.68 bits per heavy atom. The maximum absolute atomic E-state index is 13.0. The second-order valence-electron chi connectivity index (χ2n) is 8.80. The van der Waals surface area contributed by atoms with Crippen LogP contribution in [0.2, 0.25) is 0 Å². The summed E-state index contributed by atoms with van der Waals surface area (Å²) < 4.78 is 1.95. The molecule has 1 aliphatic heterocycles. The van der Waals surface area contributed by atoms with Crippen molar-refractivity contribution in [2.75, 3.05) is 31.1 Å². The van der Waals surface area contributed by atoms with Gasteiger partial charge in [-0.1, -0.05) is 43.3 Å². The predicted molar refractivity (Wildman–Crippen MR) is 135 cm³/mol. The van der Waals surface area contributed by atoms with Gasteiger partial charge in [0.05, 0.1) is 16.8 Å². The van der Waals surface area contributed by atoms with Gasteiger partial charge < -0.3 is 9.80 Å². The Bertz CT molecular complexity index is 1330. The molecule has 2 aromatic heterocycles. The van der Waals surface area contributed by atoms with Crippen molar-refractivity contribution in [2.45, 2.75) is 33.6 Å². The molecule has 1 amide bonds. The molecule has 0 atom stereocenters. The zero-order chi connectivity index (χ0) is 23.7. The Hall–Kier alpha value is -3.74. The lowest BCUT2D eigenvalue weighted by molar-refractivity contribution is 0.0767. The van der Waals surface area contributed by atoms with E-state index in [0.29, 0.717) is 6.54 Å². The number of carbonyl (C=O) groups excluding carboxylic acids is 1. The fraction of sp³-hybridized carbons (Fsp3) is 0.333. The topological polar surface area (TPSA) is 67.2 Å². The monoisotopic (exact) mass is 454 g/mol. The van der Waals surface area contributed by atoms with Crippen molar-refractivity contribution < 1.29 is 4.79 Å². The summed E-state index contributed by atoms with van der Waals surface area (Å²) in [5.74, 6) is 1.82. The summed E-state index contributed by atoms with van der Waals surface area (Å²) in [6.07, 6.45) is 1.63. The van der Waals surface area contributed by atoms with E-state index in [1.807, 2.05) is 59.0 Å². The molecule has 7 nitrogen and oxygen atoms in total. The van der Waals surface area contributed by atoms with Crippen LogP contribution in [0.1, 0.15) is 40.8 Å². The Balaban J connectivity index is 1.51. The van der Waals surface area contributed by atoms with Crippen molar-refractivity contribution in [1.29, 1.82) is 0 Å². The van der Waals surface area contributed by atoms with Gasteiger partial charge in [-0.05, 0) is 44.0 Å². The summed E-state index contributed by atoms with van der Waals surface area (Å²) in [4.78, 5) is 27.1. The first kappa shape index (κ1) is 22.1. The quantitative estimate of drug-likeness (QED) is 0.459. The lowest BCUT2D eigenvalue weighted by Gasteiger charge is -2.24. The van der Waals surface area contributed by atoms with Crippen LogP contribution >= 0.6 is 0 Å². The SMILES string of the molecule is CCc1nc(N2CCCN(C(=O)c3ccccc3)CC2)c2c(C)nn(-c3ccccc3C)c2n1. The number of carbonyl (C=O) groups is 1. The third-order valence-electron chi connectivity index (χ3n) is 6.49. The summed E-state index contributed by atoms with van der Waals surface area (Å²) in [6, 6.07) is 17.8. The van der Waals surface area contributed by atoms with Crippen molar-refractivity contribution in [2.24, 2.45) is 0 Å². The molecule has 0 aliphatic carbocycles. The number of anilines is 1. The number of fused-ring (bicyclic) bond motifs is 1. The van der Waals surface area contributed by atoms with Crippen LogP contribution < -0.4 is 4.90 Å². The van der Waals surface area contributed by atoms with Gasteiger partial charge in [-0.15, -0.1) is 0 Å². The van der Waals surface area contributed by atoms with Crippen LogP contribution in [0.15, 0.2) is 54.6 Å². The smallest absolute Gasteiger partial charge is 0.253 e. The average molecular weight is 455 g/mol. The van der Waals surface area contributed by atoms with Crippen molar-refractivity contribution >= 4 is 22.8 Å².